The molecule has 0 radical (unpaired) electrons. The van der Waals surface area contributed by atoms with E-state index in [9.17, 15) is 19.2 Å². The molecule has 2 aromatic carbocycles. The van der Waals surface area contributed by atoms with E-state index in [2.05, 4.69) is 0 Å². The molecule has 1 aliphatic heterocycles. The van der Waals surface area contributed by atoms with Gasteiger partial charge in [-0.05, 0) is 18.2 Å². The second-order valence-electron chi connectivity index (χ2n) is 5.58. The van der Waals surface area contributed by atoms with Crippen LogP contribution in [0.4, 0.5) is 5.69 Å². The number of hydrogen-bond donors (Lipinski definition) is 1. The first-order valence-corrected chi connectivity index (χ1v) is 7.48. The first kappa shape index (κ1) is 16.3. The van der Waals surface area contributed by atoms with Crippen LogP contribution in [0.15, 0.2) is 54.6 Å². The fourth-order valence-corrected chi connectivity index (χ4v) is 2.59. The zero-order valence-electron chi connectivity index (χ0n) is 13.4. The number of nitrogens with two attached hydrogens (primary N) is 1. The molecule has 0 saturated carbocycles. The van der Waals surface area contributed by atoms with E-state index < -0.39 is 0 Å². The van der Waals surface area contributed by atoms with Crippen molar-refractivity contribution >= 4 is 29.1 Å². The number of rotatable bonds is 0. The molecule has 0 unspecified atom stereocenters. The molecule has 2 aromatic rings. The van der Waals surface area contributed by atoms with Crippen molar-refractivity contribution in [2.24, 2.45) is 0 Å². The first-order valence-electron chi connectivity index (χ1n) is 7.48. The minimum atomic E-state index is -0.241. The molecular formula is C19H14N2O4. The minimum absolute atomic E-state index is 0.116. The third-order valence-corrected chi connectivity index (χ3v) is 3.98. The van der Waals surface area contributed by atoms with Gasteiger partial charge < -0.3 is 5.73 Å². The van der Waals surface area contributed by atoms with Crippen LogP contribution in [0.25, 0.3) is 0 Å². The highest BCUT2D eigenvalue weighted by Crippen LogP contribution is 2.28. The summed E-state index contributed by atoms with van der Waals surface area (Å²) in [7, 11) is 1.45. The zero-order valence-corrected chi connectivity index (χ0v) is 13.4. The van der Waals surface area contributed by atoms with Gasteiger partial charge in [-0.2, -0.15) is 0 Å². The summed E-state index contributed by atoms with van der Waals surface area (Å²) in [5, 5.41) is 0. The van der Waals surface area contributed by atoms with Gasteiger partial charge in [0.05, 0.1) is 0 Å². The Morgan fingerprint density at radius 1 is 0.720 bits per heavy atom. The van der Waals surface area contributed by atoms with Crippen LogP contribution >= 0.6 is 0 Å². The Morgan fingerprint density at radius 3 is 1.68 bits per heavy atom. The van der Waals surface area contributed by atoms with Crippen LogP contribution in [-0.2, 0) is 9.59 Å². The molecule has 0 bridgehead atoms. The van der Waals surface area contributed by atoms with E-state index in [1.54, 1.807) is 42.5 Å². The summed E-state index contributed by atoms with van der Waals surface area (Å²) in [6.45, 7) is 0. The minimum Gasteiger partial charge on any atom is -0.399 e. The molecule has 0 saturated heterocycles. The van der Waals surface area contributed by atoms with Crippen molar-refractivity contribution in [1.82, 2.24) is 4.90 Å². The highest BCUT2D eigenvalue weighted by molar-refractivity contribution is 6.28. The second kappa shape index (κ2) is 6.16. The number of carbonyl (C=O) groups excluding carboxylic acids is 4. The molecule has 25 heavy (non-hydrogen) atoms. The molecule has 6 nitrogen and oxygen atoms in total. The van der Waals surface area contributed by atoms with Crippen molar-refractivity contribution in [3.05, 3.63) is 76.9 Å². The van der Waals surface area contributed by atoms with Crippen LogP contribution in [-0.4, -0.2) is 35.3 Å². The molecule has 0 aromatic heterocycles. The lowest BCUT2D eigenvalue weighted by molar-refractivity contribution is -0.135. The summed E-state index contributed by atoms with van der Waals surface area (Å²) >= 11 is 0. The van der Waals surface area contributed by atoms with Gasteiger partial charge in [-0.1, -0.05) is 24.3 Å². The Hall–Kier alpha value is -3.54. The predicted molar refractivity (Wildman–Crippen MR) is 91.1 cm³/mol. The van der Waals surface area contributed by atoms with Gasteiger partial charge in [-0.15, -0.1) is 0 Å². The molecule has 1 heterocycles. The summed E-state index contributed by atoms with van der Waals surface area (Å²) in [5.41, 5.74) is 7.89. The first-order chi connectivity index (χ1) is 11.9. The van der Waals surface area contributed by atoms with E-state index in [4.69, 9.17) is 5.73 Å². The van der Waals surface area contributed by atoms with Crippen LogP contribution in [0.3, 0.4) is 0 Å². The standard InChI is InChI=1S/C14H9NO2.C5H5NO2/c15-8-5-6-11-12(7-8)14(17)10-4-2-1-3-9(10)13(11)16;1-6-4(7)2-3-5(6)8/h1-7H,15H2;2-3H,1H3. The van der Waals surface area contributed by atoms with Crippen molar-refractivity contribution in [2.75, 3.05) is 12.8 Å². The number of amides is 2. The molecular weight excluding hydrogens is 320 g/mol. The topological polar surface area (TPSA) is 97.5 Å². The highest BCUT2D eigenvalue weighted by atomic mass is 16.2. The number of ketones is 2. The van der Waals surface area contributed by atoms with Gasteiger partial charge >= 0.3 is 0 Å². The summed E-state index contributed by atoms with van der Waals surface area (Å²) < 4.78 is 0. The van der Waals surface area contributed by atoms with Crippen LogP contribution in [0.5, 0.6) is 0 Å². The lowest BCUT2D eigenvalue weighted by atomic mass is 9.84. The van der Waals surface area contributed by atoms with Crippen LogP contribution < -0.4 is 5.73 Å². The SMILES string of the molecule is CN1C(=O)C=CC1=O.Nc1ccc2c(c1)C(=O)c1ccccc1C2=O. The average Bonchev–Trinajstić information content (AvgIpc) is 2.91. The lowest BCUT2D eigenvalue weighted by Crippen LogP contribution is -2.24. The predicted octanol–water partition coefficient (Wildman–Crippen LogP) is 1.59. The third-order valence-electron chi connectivity index (χ3n) is 3.98. The Morgan fingerprint density at radius 2 is 1.20 bits per heavy atom. The van der Waals surface area contributed by atoms with Gasteiger partial charge in [0.25, 0.3) is 11.8 Å². The number of hydrogen-bond acceptors (Lipinski definition) is 5. The Kier molecular flexibility index (Phi) is 4.02. The molecule has 2 amide bonds. The lowest BCUT2D eigenvalue weighted by Gasteiger charge is -2.17. The van der Waals surface area contributed by atoms with Gasteiger partial charge in [0.1, 0.15) is 0 Å². The van der Waals surface area contributed by atoms with E-state index in [0.717, 1.165) is 4.90 Å². The van der Waals surface area contributed by atoms with Crippen molar-refractivity contribution in [3.8, 4) is 0 Å². The van der Waals surface area contributed by atoms with Crippen LogP contribution in [0.2, 0.25) is 0 Å². The number of likely N-dealkylation sites (N-methyl/N-ethyl adjacent to an activating group) is 1. The third kappa shape index (κ3) is 2.85. The molecule has 2 aliphatic rings. The summed E-state index contributed by atoms with van der Waals surface area (Å²) in [6.07, 6.45) is 2.50. The van der Waals surface area contributed by atoms with Gasteiger partial charge in [0.15, 0.2) is 11.6 Å². The zero-order chi connectivity index (χ0) is 18.1. The normalized spacial score (nSPS) is 14.8. The number of benzene rings is 2. The van der Waals surface area contributed by atoms with Crippen molar-refractivity contribution in [3.63, 3.8) is 0 Å². The smallest absolute Gasteiger partial charge is 0.253 e. The number of anilines is 1. The summed E-state index contributed by atoms with van der Waals surface area (Å²) in [5.74, 6) is -0.734. The van der Waals surface area contributed by atoms with Gasteiger partial charge in [0, 0.05) is 47.1 Å². The van der Waals surface area contributed by atoms with Gasteiger partial charge in [-0.3, -0.25) is 24.1 Å². The monoisotopic (exact) mass is 334 g/mol. The molecule has 6 heteroatoms. The Bertz CT molecular complexity index is 942. The van der Waals surface area contributed by atoms with Crippen molar-refractivity contribution in [2.45, 2.75) is 0 Å². The molecule has 2 N–H and O–H groups in total. The van der Waals surface area contributed by atoms with Crippen molar-refractivity contribution < 1.29 is 19.2 Å². The second-order valence-corrected chi connectivity index (χ2v) is 5.58. The maximum Gasteiger partial charge on any atom is 0.253 e. The molecule has 0 fully saturated rings. The molecule has 124 valence electrons. The molecule has 0 spiro atoms. The number of nitrogen functional groups attached to an aromatic ring is 1. The molecule has 4 rings (SSSR count). The van der Waals surface area contributed by atoms with Gasteiger partial charge in [-0.25, -0.2) is 0 Å². The summed E-state index contributed by atoms with van der Waals surface area (Å²) in [4.78, 5) is 46.2. The van der Waals surface area contributed by atoms with E-state index >= 15 is 0 Å². The quantitative estimate of drug-likeness (QED) is 0.497. The van der Waals surface area contributed by atoms with E-state index in [1.165, 1.54) is 19.2 Å². The van der Waals surface area contributed by atoms with Crippen molar-refractivity contribution in [1.29, 1.82) is 0 Å². The molecule has 1 aliphatic carbocycles. The maximum absolute atomic E-state index is 12.2. The Balaban J connectivity index is 0.000000192. The number of carbonyl (C=O) groups is 4. The fourth-order valence-electron chi connectivity index (χ4n) is 2.59. The Labute approximate surface area is 143 Å². The fraction of sp³-hybridized carbons (Fsp3) is 0.0526. The average molecular weight is 334 g/mol. The summed E-state index contributed by atoms with van der Waals surface area (Å²) in [6, 6.07) is 11.7. The number of fused-ring (bicyclic) bond motifs is 2. The van der Waals surface area contributed by atoms with Crippen LogP contribution in [0.1, 0.15) is 31.8 Å². The van der Waals surface area contributed by atoms with E-state index in [1.807, 2.05) is 0 Å². The van der Waals surface area contributed by atoms with E-state index in [-0.39, 0.29) is 23.4 Å². The number of imide groups is 1. The highest BCUT2D eigenvalue weighted by Gasteiger charge is 2.28. The number of nitrogens with zero attached hydrogens (tertiary/aromatic N) is 1. The maximum atomic E-state index is 12.2. The van der Waals surface area contributed by atoms with Crippen LogP contribution in [0, 0.1) is 0 Å². The largest absolute Gasteiger partial charge is 0.399 e. The molecule has 0 atom stereocenters. The van der Waals surface area contributed by atoms with Gasteiger partial charge in [0.2, 0.25) is 0 Å². The van der Waals surface area contributed by atoms with E-state index in [0.29, 0.717) is 27.9 Å².